The van der Waals surface area contributed by atoms with Gasteiger partial charge in [0.1, 0.15) is 5.75 Å². The molecule has 0 bridgehead atoms. The third-order valence-corrected chi connectivity index (χ3v) is 5.84. The Kier molecular flexibility index (Phi) is 7.83. The molecule has 168 valence electrons. The van der Waals surface area contributed by atoms with Crippen LogP contribution in [0.1, 0.15) is 17.3 Å². The lowest BCUT2D eigenvalue weighted by molar-refractivity contribution is -0.117. The largest absolute Gasteiger partial charge is 0.497 e. The quantitative estimate of drug-likeness (QED) is 0.551. The zero-order valence-corrected chi connectivity index (χ0v) is 18.5. The first-order chi connectivity index (χ1) is 14.7. The van der Waals surface area contributed by atoms with Gasteiger partial charge in [-0.2, -0.15) is 4.72 Å². The van der Waals surface area contributed by atoms with E-state index < -0.39 is 27.9 Å². The number of hydrogen-bond acceptors (Lipinski definition) is 8. The summed E-state index contributed by atoms with van der Waals surface area (Å²) in [4.78, 5) is 24.8. The van der Waals surface area contributed by atoms with Crippen molar-refractivity contribution in [2.45, 2.75) is 17.9 Å². The number of nitrogens with one attached hydrogen (secondary N) is 2. The molecule has 0 heterocycles. The molecule has 0 aliphatic carbocycles. The zero-order valence-electron chi connectivity index (χ0n) is 17.7. The Labute approximate surface area is 180 Å². The van der Waals surface area contributed by atoms with Crippen LogP contribution in [0.5, 0.6) is 17.2 Å². The van der Waals surface area contributed by atoms with Crippen molar-refractivity contribution in [3.05, 3.63) is 42.0 Å². The second kappa shape index (κ2) is 10.1. The first kappa shape index (κ1) is 24.0. The molecule has 2 aromatic carbocycles. The molecule has 1 amide bonds. The highest BCUT2D eigenvalue weighted by molar-refractivity contribution is 7.89. The van der Waals surface area contributed by atoms with Crippen LogP contribution in [0.2, 0.25) is 0 Å². The van der Waals surface area contributed by atoms with Gasteiger partial charge in [-0.25, -0.2) is 13.2 Å². The fourth-order valence-electron chi connectivity index (χ4n) is 2.61. The summed E-state index contributed by atoms with van der Waals surface area (Å²) in [5.74, 6) is -0.406. The zero-order chi connectivity index (χ0) is 23.2. The molecule has 2 aromatic rings. The van der Waals surface area contributed by atoms with Crippen LogP contribution in [0, 0.1) is 0 Å². The van der Waals surface area contributed by atoms with Crippen molar-refractivity contribution in [3.63, 3.8) is 0 Å². The van der Waals surface area contributed by atoms with Gasteiger partial charge >= 0.3 is 5.97 Å². The van der Waals surface area contributed by atoms with Gasteiger partial charge in [0.25, 0.3) is 0 Å². The first-order valence-corrected chi connectivity index (χ1v) is 10.5. The van der Waals surface area contributed by atoms with Crippen molar-refractivity contribution in [1.82, 2.24) is 4.72 Å². The van der Waals surface area contributed by atoms with Gasteiger partial charge in [-0.3, -0.25) is 4.79 Å². The molecule has 0 aliphatic rings. The van der Waals surface area contributed by atoms with E-state index in [4.69, 9.17) is 18.9 Å². The van der Waals surface area contributed by atoms with Crippen LogP contribution in [0.15, 0.2) is 41.3 Å². The van der Waals surface area contributed by atoms with E-state index in [-0.39, 0.29) is 27.6 Å². The van der Waals surface area contributed by atoms with Gasteiger partial charge in [-0.05, 0) is 31.2 Å². The minimum atomic E-state index is -3.98. The Morgan fingerprint density at radius 3 is 2.00 bits per heavy atom. The van der Waals surface area contributed by atoms with E-state index in [2.05, 4.69) is 10.0 Å². The van der Waals surface area contributed by atoms with Gasteiger partial charge in [0.2, 0.25) is 15.9 Å². The molecule has 10 nitrogen and oxygen atoms in total. The number of benzene rings is 2. The summed E-state index contributed by atoms with van der Waals surface area (Å²) in [5, 5.41) is 2.52. The average Bonchev–Trinajstić information content (AvgIpc) is 2.77. The summed E-state index contributed by atoms with van der Waals surface area (Å²) in [6.45, 7) is 1.37. The molecule has 0 spiro atoms. The van der Waals surface area contributed by atoms with E-state index in [1.807, 2.05) is 0 Å². The Bertz CT molecular complexity index is 1050. The molecule has 0 radical (unpaired) electrons. The molecule has 0 fully saturated rings. The van der Waals surface area contributed by atoms with Crippen molar-refractivity contribution in [2.24, 2.45) is 0 Å². The number of carbonyl (C=O) groups excluding carboxylic acids is 2. The highest BCUT2D eigenvalue weighted by Gasteiger charge is 2.25. The molecule has 2 rings (SSSR count). The molecular formula is C20H24N2O8S. The van der Waals surface area contributed by atoms with E-state index in [1.165, 1.54) is 71.8 Å². The molecular weight excluding hydrogens is 428 g/mol. The van der Waals surface area contributed by atoms with Gasteiger partial charge in [-0.1, -0.05) is 0 Å². The smallest absolute Gasteiger partial charge is 0.340 e. The van der Waals surface area contributed by atoms with Gasteiger partial charge in [0, 0.05) is 12.1 Å². The fraction of sp³-hybridized carbons (Fsp3) is 0.300. The normalized spacial score (nSPS) is 11.9. The number of amides is 1. The maximum atomic E-state index is 12.7. The standard InChI is InChI=1S/C20H24N2O8S/c1-12(22-31(25,26)14-8-6-13(27-2)7-9-14)19(23)21-16-11-18(29-4)17(28-3)10-15(16)20(24)30-5/h6-12,22H,1-5H3,(H,21,23)/t12-/m0/s1. The van der Waals surface area contributed by atoms with Crippen molar-refractivity contribution in [2.75, 3.05) is 33.8 Å². The molecule has 0 saturated heterocycles. The second-order valence-corrected chi connectivity index (χ2v) is 7.97. The minimum absolute atomic E-state index is 0.0127. The van der Waals surface area contributed by atoms with Crippen LogP contribution in [-0.4, -0.2) is 54.8 Å². The third-order valence-electron chi connectivity index (χ3n) is 4.28. The fourth-order valence-corrected chi connectivity index (χ4v) is 3.81. The molecule has 1 atom stereocenters. The summed E-state index contributed by atoms with van der Waals surface area (Å²) < 4.78 is 47.5. The van der Waals surface area contributed by atoms with Crippen molar-refractivity contribution in [1.29, 1.82) is 0 Å². The summed E-state index contributed by atoms with van der Waals surface area (Å²) in [7, 11) is 1.47. The highest BCUT2D eigenvalue weighted by atomic mass is 32.2. The Morgan fingerprint density at radius 2 is 1.48 bits per heavy atom. The van der Waals surface area contributed by atoms with Crippen molar-refractivity contribution >= 4 is 27.6 Å². The molecule has 0 unspecified atom stereocenters. The molecule has 0 saturated carbocycles. The number of sulfonamides is 1. The number of carbonyl (C=O) groups is 2. The van der Waals surface area contributed by atoms with Crippen LogP contribution in [-0.2, 0) is 19.6 Å². The van der Waals surface area contributed by atoms with E-state index in [1.54, 1.807) is 0 Å². The minimum Gasteiger partial charge on any atom is -0.497 e. The highest BCUT2D eigenvalue weighted by Crippen LogP contribution is 2.33. The van der Waals surface area contributed by atoms with Crippen LogP contribution in [0.4, 0.5) is 5.69 Å². The Hall–Kier alpha value is -3.31. The monoisotopic (exact) mass is 452 g/mol. The number of ether oxygens (including phenoxy) is 4. The number of methoxy groups -OCH3 is 4. The Morgan fingerprint density at radius 1 is 0.903 bits per heavy atom. The van der Waals surface area contributed by atoms with Gasteiger partial charge in [0.05, 0.1) is 50.6 Å². The summed E-state index contributed by atoms with van der Waals surface area (Å²) in [5.41, 5.74) is 0.0868. The molecule has 2 N–H and O–H groups in total. The predicted octanol–water partition coefficient (Wildman–Crippen LogP) is 1.80. The number of rotatable bonds is 9. The van der Waals surface area contributed by atoms with Crippen LogP contribution in [0.3, 0.4) is 0 Å². The summed E-state index contributed by atoms with van der Waals surface area (Å²) >= 11 is 0. The van der Waals surface area contributed by atoms with Gasteiger partial charge in [0.15, 0.2) is 11.5 Å². The van der Waals surface area contributed by atoms with E-state index >= 15 is 0 Å². The molecule has 31 heavy (non-hydrogen) atoms. The maximum absolute atomic E-state index is 12.7. The second-order valence-electron chi connectivity index (χ2n) is 6.25. The van der Waals surface area contributed by atoms with Gasteiger partial charge in [-0.15, -0.1) is 0 Å². The number of anilines is 1. The van der Waals surface area contributed by atoms with Crippen LogP contribution >= 0.6 is 0 Å². The first-order valence-electron chi connectivity index (χ1n) is 8.98. The van der Waals surface area contributed by atoms with E-state index in [0.717, 1.165) is 0 Å². The van der Waals surface area contributed by atoms with Crippen molar-refractivity contribution < 1.29 is 37.0 Å². The number of esters is 1. The topological polar surface area (TPSA) is 129 Å². The van der Waals surface area contributed by atoms with Gasteiger partial charge < -0.3 is 24.3 Å². The maximum Gasteiger partial charge on any atom is 0.340 e. The lowest BCUT2D eigenvalue weighted by atomic mass is 10.1. The number of hydrogen-bond donors (Lipinski definition) is 2. The van der Waals surface area contributed by atoms with E-state index in [0.29, 0.717) is 5.75 Å². The third kappa shape index (κ3) is 5.64. The summed E-state index contributed by atoms with van der Waals surface area (Å²) in [6, 6.07) is 7.27. The van der Waals surface area contributed by atoms with Crippen LogP contribution in [0.25, 0.3) is 0 Å². The molecule has 0 aliphatic heterocycles. The van der Waals surface area contributed by atoms with E-state index in [9.17, 15) is 18.0 Å². The molecule has 11 heteroatoms. The SMILES string of the molecule is COC(=O)c1cc(OC)c(OC)cc1NC(=O)[C@H](C)NS(=O)(=O)c1ccc(OC)cc1. The van der Waals surface area contributed by atoms with Crippen LogP contribution < -0.4 is 24.2 Å². The summed E-state index contributed by atoms with van der Waals surface area (Å²) in [6.07, 6.45) is 0. The lowest BCUT2D eigenvalue weighted by Gasteiger charge is -2.17. The van der Waals surface area contributed by atoms with Crippen molar-refractivity contribution in [3.8, 4) is 17.2 Å². The Balaban J connectivity index is 2.26. The lowest BCUT2D eigenvalue weighted by Crippen LogP contribution is -2.41. The predicted molar refractivity (Wildman–Crippen MR) is 112 cm³/mol. The molecule has 0 aromatic heterocycles. The average molecular weight is 452 g/mol.